The van der Waals surface area contributed by atoms with Crippen LogP contribution in [0, 0.1) is 0 Å². The van der Waals surface area contributed by atoms with E-state index >= 15 is 0 Å². The molecule has 1 aromatic rings. The zero-order chi connectivity index (χ0) is 11.7. The van der Waals surface area contributed by atoms with Crippen LogP contribution in [0.4, 0.5) is 5.69 Å². The number of morpholine rings is 1. The molecule has 1 fully saturated rings. The minimum atomic E-state index is 0.348. The quantitative estimate of drug-likeness (QED) is 0.795. The van der Waals surface area contributed by atoms with E-state index < -0.39 is 0 Å². The SMILES string of the molecule is CC1CN(c2cccc3c2CCNC3)CCO1. The third-order valence-corrected chi connectivity index (χ3v) is 3.70. The molecule has 1 aromatic carbocycles. The van der Waals surface area contributed by atoms with Gasteiger partial charge in [0.1, 0.15) is 0 Å². The van der Waals surface area contributed by atoms with Gasteiger partial charge in [0.15, 0.2) is 0 Å². The molecule has 1 saturated heterocycles. The predicted octanol–water partition coefficient (Wildman–Crippen LogP) is 1.56. The highest BCUT2D eigenvalue weighted by Gasteiger charge is 2.21. The minimum Gasteiger partial charge on any atom is -0.375 e. The Kier molecular flexibility index (Phi) is 3.04. The van der Waals surface area contributed by atoms with Gasteiger partial charge in [-0.25, -0.2) is 0 Å². The van der Waals surface area contributed by atoms with E-state index in [-0.39, 0.29) is 0 Å². The highest BCUT2D eigenvalue weighted by molar-refractivity contribution is 5.58. The summed E-state index contributed by atoms with van der Waals surface area (Å²) in [5.74, 6) is 0. The fourth-order valence-corrected chi connectivity index (χ4v) is 2.85. The predicted molar refractivity (Wildman–Crippen MR) is 69.5 cm³/mol. The Hall–Kier alpha value is -1.06. The van der Waals surface area contributed by atoms with E-state index in [9.17, 15) is 0 Å². The lowest BCUT2D eigenvalue weighted by Gasteiger charge is -2.35. The third kappa shape index (κ3) is 2.17. The molecule has 3 heteroatoms. The van der Waals surface area contributed by atoms with Gasteiger partial charge in [0.25, 0.3) is 0 Å². The number of ether oxygens (including phenoxy) is 1. The van der Waals surface area contributed by atoms with E-state index in [0.717, 1.165) is 39.2 Å². The minimum absolute atomic E-state index is 0.348. The number of nitrogens with one attached hydrogen (secondary N) is 1. The molecule has 1 N–H and O–H groups in total. The van der Waals surface area contributed by atoms with Crippen LogP contribution in [-0.4, -0.2) is 32.3 Å². The Bertz CT molecular complexity index is 405. The number of anilines is 1. The Morgan fingerprint density at radius 3 is 3.24 bits per heavy atom. The van der Waals surface area contributed by atoms with E-state index in [0.29, 0.717) is 6.10 Å². The first-order chi connectivity index (χ1) is 8.34. The van der Waals surface area contributed by atoms with Crippen molar-refractivity contribution in [3.8, 4) is 0 Å². The highest BCUT2D eigenvalue weighted by atomic mass is 16.5. The molecule has 0 bridgehead atoms. The van der Waals surface area contributed by atoms with Crippen molar-refractivity contribution in [3.05, 3.63) is 29.3 Å². The molecule has 2 heterocycles. The first-order valence-electron chi connectivity index (χ1n) is 6.52. The molecule has 0 saturated carbocycles. The van der Waals surface area contributed by atoms with Crippen molar-refractivity contribution < 1.29 is 4.74 Å². The van der Waals surface area contributed by atoms with E-state index in [2.05, 4.69) is 35.3 Å². The van der Waals surface area contributed by atoms with Crippen molar-refractivity contribution in [2.45, 2.75) is 26.0 Å². The summed E-state index contributed by atoms with van der Waals surface area (Å²) < 4.78 is 5.62. The molecule has 0 spiro atoms. The molecular formula is C14H20N2O. The molecule has 0 radical (unpaired) electrons. The van der Waals surface area contributed by atoms with Crippen molar-refractivity contribution in [1.29, 1.82) is 0 Å². The van der Waals surface area contributed by atoms with Gasteiger partial charge in [-0.3, -0.25) is 0 Å². The Balaban J connectivity index is 1.91. The monoisotopic (exact) mass is 232 g/mol. The first kappa shape index (κ1) is 11.1. The van der Waals surface area contributed by atoms with Crippen LogP contribution in [0.3, 0.4) is 0 Å². The molecule has 1 atom stereocenters. The number of fused-ring (bicyclic) bond motifs is 1. The zero-order valence-electron chi connectivity index (χ0n) is 10.4. The summed E-state index contributed by atoms with van der Waals surface area (Å²) >= 11 is 0. The maximum Gasteiger partial charge on any atom is 0.0722 e. The van der Waals surface area contributed by atoms with Crippen LogP contribution >= 0.6 is 0 Å². The van der Waals surface area contributed by atoms with Crippen molar-refractivity contribution in [2.24, 2.45) is 0 Å². The second kappa shape index (κ2) is 4.67. The maximum atomic E-state index is 5.62. The first-order valence-corrected chi connectivity index (χ1v) is 6.52. The molecule has 17 heavy (non-hydrogen) atoms. The lowest BCUT2D eigenvalue weighted by atomic mass is 9.98. The molecule has 0 aliphatic carbocycles. The topological polar surface area (TPSA) is 24.5 Å². The Labute approximate surface area is 103 Å². The molecule has 2 aliphatic rings. The second-order valence-electron chi connectivity index (χ2n) is 4.97. The number of hydrogen-bond acceptors (Lipinski definition) is 3. The Morgan fingerprint density at radius 1 is 1.41 bits per heavy atom. The lowest BCUT2D eigenvalue weighted by molar-refractivity contribution is 0.0531. The third-order valence-electron chi connectivity index (χ3n) is 3.70. The van der Waals surface area contributed by atoms with E-state index in [4.69, 9.17) is 4.74 Å². The molecule has 0 aromatic heterocycles. The molecule has 0 amide bonds. The molecule has 2 aliphatic heterocycles. The van der Waals surface area contributed by atoms with Gasteiger partial charge in [-0.1, -0.05) is 12.1 Å². The summed E-state index contributed by atoms with van der Waals surface area (Å²) in [6.07, 6.45) is 1.50. The van der Waals surface area contributed by atoms with E-state index in [1.807, 2.05) is 0 Å². The van der Waals surface area contributed by atoms with Crippen LogP contribution < -0.4 is 10.2 Å². The number of nitrogens with zero attached hydrogens (tertiary/aromatic N) is 1. The van der Waals surface area contributed by atoms with Gasteiger partial charge in [-0.05, 0) is 37.1 Å². The standard InChI is InChI=1S/C14H20N2O/c1-11-10-16(7-8-17-11)14-4-2-3-12-9-15-6-5-13(12)14/h2-4,11,15H,5-10H2,1H3. The number of benzene rings is 1. The van der Waals surface area contributed by atoms with Gasteiger partial charge < -0.3 is 15.0 Å². The summed E-state index contributed by atoms with van der Waals surface area (Å²) in [5, 5.41) is 3.44. The van der Waals surface area contributed by atoms with Crippen molar-refractivity contribution in [3.63, 3.8) is 0 Å². The van der Waals surface area contributed by atoms with Crippen LogP contribution in [0.15, 0.2) is 18.2 Å². The van der Waals surface area contributed by atoms with E-state index in [1.165, 1.54) is 11.3 Å². The normalized spacial score (nSPS) is 24.5. The van der Waals surface area contributed by atoms with Gasteiger partial charge in [0.2, 0.25) is 0 Å². The summed E-state index contributed by atoms with van der Waals surface area (Å²) in [4.78, 5) is 2.48. The number of hydrogen-bond donors (Lipinski definition) is 1. The van der Waals surface area contributed by atoms with Crippen LogP contribution in [0.5, 0.6) is 0 Å². The summed E-state index contributed by atoms with van der Waals surface area (Å²) in [6.45, 7) is 7.16. The van der Waals surface area contributed by atoms with Crippen LogP contribution in [0.2, 0.25) is 0 Å². The number of rotatable bonds is 1. The van der Waals surface area contributed by atoms with Gasteiger partial charge in [-0.15, -0.1) is 0 Å². The lowest BCUT2D eigenvalue weighted by Crippen LogP contribution is -2.42. The van der Waals surface area contributed by atoms with Gasteiger partial charge in [0.05, 0.1) is 12.7 Å². The van der Waals surface area contributed by atoms with Gasteiger partial charge >= 0.3 is 0 Å². The molecule has 3 nitrogen and oxygen atoms in total. The maximum absolute atomic E-state index is 5.62. The zero-order valence-corrected chi connectivity index (χ0v) is 10.4. The molecular weight excluding hydrogens is 212 g/mol. The smallest absolute Gasteiger partial charge is 0.0722 e. The van der Waals surface area contributed by atoms with Gasteiger partial charge in [-0.2, -0.15) is 0 Å². The average Bonchev–Trinajstić information content (AvgIpc) is 2.38. The van der Waals surface area contributed by atoms with Crippen molar-refractivity contribution in [1.82, 2.24) is 5.32 Å². The van der Waals surface area contributed by atoms with E-state index in [1.54, 1.807) is 5.56 Å². The second-order valence-corrected chi connectivity index (χ2v) is 4.97. The van der Waals surface area contributed by atoms with Crippen LogP contribution in [-0.2, 0) is 17.7 Å². The van der Waals surface area contributed by atoms with Gasteiger partial charge in [0, 0.05) is 25.3 Å². The average molecular weight is 232 g/mol. The summed E-state index contributed by atoms with van der Waals surface area (Å²) in [5.41, 5.74) is 4.44. The molecule has 3 rings (SSSR count). The fourth-order valence-electron chi connectivity index (χ4n) is 2.85. The molecule has 1 unspecified atom stereocenters. The van der Waals surface area contributed by atoms with Crippen LogP contribution in [0.1, 0.15) is 18.1 Å². The summed E-state index contributed by atoms with van der Waals surface area (Å²) in [7, 11) is 0. The Morgan fingerprint density at radius 2 is 2.35 bits per heavy atom. The highest BCUT2D eigenvalue weighted by Crippen LogP contribution is 2.27. The fraction of sp³-hybridized carbons (Fsp3) is 0.571. The molecule has 92 valence electrons. The van der Waals surface area contributed by atoms with Crippen molar-refractivity contribution in [2.75, 3.05) is 31.1 Å². The summed E-state index contributed by atoms with van der Waals surface area (Å²) in [6, 6.07) is 6.69. The largest absolute Gasteiger partial charge is 0.375 e. The van der Waals surface area contributed by atoms with Crippen LogP contribution in [0.25, 0.3) is 0 Å². The van der Waals surface area contributed by atoms with Crippen molar-refractivity contribution >= 4 is 5.69 Å².